The lowest BCUT2D eigenvalue weighted by atomic mass is 10.2. The average Bonchev–Trinajstić information content (AvgIpc) is 2.63. The smallest absolute Gasteiger partial charge is 0.338 e. The van der Waals surface area contributed by atoms with Crippen LogP contribution in [-0.4, -0.2) is 30.9 Å². The summed E-state index contributed by atoms with van der Waals surface area (Å²) < 4.78 is 4.91. The van der Waals surface area contributed by atoms with Crippen molar-refractivity contribution in [2.24, 2.45) is 0 Å². The Bertz CT molecular complexity index is 757. The molecule has 2 rings (SSSR count). The third-order valence-electron chi connectivity index (χ3n) is 3.69. The largest absolute Gasteiger partial charge is 0.462 e. The molecule has 0 atom stereocenters. The van der Waals surface area contributed by atoms with E-state index in [2.05, 4.69) is 5.32 Å². The molecule has 6 heteroatoms. The van der Waals surface area contributed by atoms with Gasteiger partial charge in [-0.3, -0.25) is 9.59 Å². The summed E-state index contributed by atoms with van der Waals surface area (Å²) in [5, 5.41) is 2.76. The van der Waals surface area contributed by atoms with Gasteiger partial charge in [0.15, 0.2) is 0 Å². The first kappa shape index (κ1) is 19.2. The van der Waals surface area contributed by atoms with Crippen LogP contribution in [0.1, 0.15) is 30.6 Å². The number of carbonyl (C=O) groups is 3. The zero-order valence-corrected chi connectivity index (χ0v) is 14.9. The van der Waals surface area contributed by atoms with E-state index in [0.717, 1.165) is 5.69 Å². The third kappa shape index (κ3) is 5.44. The molecule has 0 saturated carbocycles. The summed E-state index contributed by atoms with van der Waals surface area (Å²) in [6.07, 6.45) is 0.161. The van der Waals surface area contributed by atoms with E-state index in [1.165, 1.54) is 6.92 Å². The Morgan fingerprint density at radius 3 is 2.23 bits per heavy atom. The van der Waals surface area contributed by atoms with E-state index in [1.54, 1.807) is 36.1 Å². The van der Waals surface area contributed by atoms with E-state index in [4.69, 9.17) is 4.74 Å². The SMILES string of the molecule is CCOC(=O)c1ccc(NC(=O)CCN(C(C)=O)c2ccccc2)cc1. The number of anilines is 2. The predicted octanol–water partition coefficient (Wildman–Crippen LogP) is 3.25. The summed E-state index contributed by atoms with van der Waals surface area (Å²) in [6, 6.07) is 15.7. The zero-order chi connectivity index (χ0) is 18.9. The molecule has 2 aromatic carbocycles. The van der Waals surface area contributed by atoms with E-state index in [0.29, 0.717) is 17.9 Å². The van der Waals surface area contributed by atoms with Crippen LogP contribution in [0.2, 0.25) is 0 Å². The first-order valence-electron chi connectivity index (χ1n) is 8.41. The fourth-order valence-electron chi connectivity index (χ4n) is 2.42. The summed E-state index contributed by atoms with van der Waals surface area (Å²) in [4.78, 5) is 37.1. The van der Waals surface area contributed by atoms with Crippen LogP contribution in [0.25, 0.3) is 0 Å². The molecule has 0 heterocycles. The quantitative estimate of drug-likeness (QED) is 0.775. The van der Waals surface area contributed by atoms with Gasteiger partial charge in [-0.05, 0) is 43.3 Å². The van der Waals surface area contributed by atoms with Crippen LogP contribution < -0.4 is 10.2 Å². The molecule has 0 aliphatic carbocycles. The van der Waals surface area contributed by atoms with Crippen LogP contribution in [0.15, 0.2) is 54.6 Å². The number of nitrogens with zero attached hydrogens (tertiary/aromatic N) is 1. The van der Waals surface area contributed by atoms with Crippen molar-refractivity contribution in [1.82, 2.24) is 0 Å². The lowest BCUT2D eigenvalue weighted by molar-refractivity contribution is -0.117. The first-order chi connectivity index (χ1) is 12.5. The predicted molar refractivity (Wildman–Crippen MR) is 100 cm³/mol. The molecule has 1 N–H and O–H groups in total. The van der Waals surface area contributed by atoms with Gasteiger partial charge in [-0.2, -0.15) is 0 Å². The molecule has 0 saturated heterocycles. The zero-order valence-electron chi connectivity index (χ0n) is 14.9. The van der Waals surface area contributed by atoms with Crippen molar-refractivity contribution in [3.63, 3.8) is 0 Å². The number of carbonyl (C=O) groups excluding carboxylic acids is 3. The number of benzene rings is 2. The highest BCUT2D eigenvalue weighted by Crippen LogP contribution is 2.15. The van der Waals surface area contributed by atoms with Crippen LogP contribution in [0, 0.1) is 0 Å². The highest BCUT2D eigenvalue weighted by molar-refractivity contribution is 5.95. The minimum absolute atomic E-state index is 0.122. The number of esters is 1. The van der Waals surface area contributed by atoms with Crippen molar-refractivity contribution >= 4 is 29.2 Å². The Morgan fingerprint density at radius 1 is 1.00 bits per heavy atom. The fourth-order valence-corrected chi connectivity index (χ4v) is 2.42. The van der Waals surface area contributed by atoms with Crippen LogP contribution in [0.4, 0.5) is 11.4 Å². The Balaban J connectivity index is 1.91. The first-order valence-corrected chi connectivity index (χ1v) is 8.41. The molecule has 0 aromatic heterocycles. The van der Waals surface area contributed by atoms with Crippen molar-refractivity contribution in [3.8, 4) is 0 Å². The second kappa shape index (κ2) is 9.36. The Kier molecular flexibility index (Phi) is 6.91. The van der Waals surface area contributed by atoms with Crippen molar-refractivity contribution in [3.05, 3.63) is 60.2 Å². The third-order valence-corrected chi connectivity index (χ3v) is 3.69. The normalized spacial score (nSPS) is 10.1. The van der Waals surface area contributed by atoms with E-state index < -0.39 is 5.97 Å². The molecular formula is C20H22N2O4. The van der Waals surface area contributed by atoms with Gasteiger partial charge in [-0.25, -0.2) is 4.79 Å². The topological polar surface area (TPSA) is 75.7 Å². The van der Waals surface area contributed by atoms with Crippen molar-refractivity contribution in [1.29, 1.82) is 0 Å². The number of hydrogen-bond acceptors (Lipinski definition) is 4. The maximum absolute atomic E-state index is 12.2. The maximum Gasteiger partial charge on any atom is 0.338 e. The molecule has 2 amide bonds. The molecule has 0 radical (unpaired) electrons. The minimum atomic E-state index is -0.398. The number of hydrogen-bond donors (Lipinski definition) is 1. The van der Waals surface area contributed by atoms with Gasteiger partial charge in [-0.1, -0.05) is 18.2 Å². The van der Waals surface area contributed by atoms with E-state index in [1.807, 2.05) is 30.3 Å². The van der Waals surface area contributed by atoms with Crippen molar-refractivity contribution < 1.29 is 19.1 Å². The van der Waals surface area contributed by atoms with Gasteiger partial charge >= 0.3 is 5.97 Å². The van der Waals surface area contributed by atoms with Crippen molar-refractivity contribution in [2.75, 3.05) is 23.4 Å². The van der Waals surface area contributed by atoms with Crippen LogP contribution in [0.3, 0.4) is 0 Å². The van der Waals surface area contributed by atoms with Gasteiger partial charge in [0.1, 0.15) is 0 Å². The fraction of sp³-hybridized carbons (Fsp3) is 0.250. The highest BCUT2D eigenvalue weighted by Gasteiger charge is 2.13. The van der Waals surface area contributed by atoms with E-state index >= 15 is 0 Å². The Morgan fingerprint density at radius 2 is 1.65 bits per heavy atom. The second-order valence-corrected chi connectivity index (χ2v) is 5.60. The molecule has 0 spiro atoms. The Hall–Kier alpha value is -3.15. The minimum Gasteiger partial charge on any atom is -0.462 e. The molecule has 136 valence electrons. The number of rotatable bonds is 7. The lowest BCUT2D eigenvalue weighted by Gasteiger charge is -2.20. The van der Waals surface area contributed by atoms with Gasteiger partial charge in [0.05, 0.1) is 12.2 Å². The van der Waals surface area contributed by atoms with Gasteiger partial charge in [0.2, 0.25) is 11.8 Å². The van der Waals surface area contributed by atoms with Crippen molar-refractivity contribution in [2.45, 2.75) is 20.3 Å². The van der Waals surface area contributed by atoms with Gasteiger partial charge in [0.25, 0.3) is 0 Å². The second-order valence-electron chi connectivity index (χ2n) is 5.60. The van der Waals surface area contributed by atoms with Crippen LogP contribution in [0.5, 0.6) is 0 Å². The molecule has 0 fully saturated rings. The van der Waals surface area contributed by atoms with Crippen LogP contribution in [-0.2, 0) is 14.3 Å². The monoisotopic (exact) mass is 354 g/mol. The molecule has 0 aliphatic heterocycles. The standard InChI is InChI=1S/C20H22N2O4/c1-3-26-20(25)16-9-11-17(12-10-16)21-19(24)13-14-22(15(2)23)18-7-5-4-6-8-18/h4-12H,3,13-14H2,1-2H3,(H,21,24). The van der Waals surface area contributed by atoms with Gasteiger partial charge in [0, 0.05) is 31.3 Å². The van der Waals surface area contributed by atoms with E-state index in [-0.39, 0.29) is 24.8 Å². The summed E-state index contributed by atoms with van der Waals surface area (Å²) in [5.41, 5.74) is 1.76. The van der Waals surface area contributed by atoms with Gasteiger partial charge in [-0.15, -0.1) is 0 Å². The number of amides is 2. The molecule has 0 aliphatic rings. The van der Waals surface area contributed by atoms with Gasteiger partial charge < -0.3 is 15.0 Å². The number of ether oxygens (including phenoxy) is 1. The number of para-hydroxylation sites is 1. The summed E-state index contributed by atoms with van der Waals surface area (Å²) >= 11 is 0. The number of nitrogens with one attached hydrogen (secondary N) is 1. The maximum atomic E-state index is 12.2. The molecule has 0 unspecified atom stereocenters. The summed E-state index contributed by atoms with van der Waals surface area (Å²) in [5.74, 6) is -0.732. The summed E-state index contributed by atoms with van der Waals surface area (Å²) in [7, 11) is 0. The van der Waals surface area contributed by atoms with Crippen LogP contribution >= 0.6 is 0 Å². The molecule has 6 nitrogen and oxygen atoms in total. The van der Waals surface area contributed by atoms with E-state index in [9.17, 15) is 14.4 Å². The molecule has 2 aromatic rings. The average molecular weight is 354 g/mol. The lowest BCUT2D eigenvalue weighted by Crippen LogP contribution is -2.31. The summed E-state index contributed by atoms with van der Waals surface area (Å²) in [6.45, 7) is 3.81. The molecule has 26 heavy (non-hydrogen) atoms. The highest BCUT2D eigenvalue weighted by atomic mass is 16.5. The Labute approximate surface area is 152 Å². The molecule has 0 bridgehead atoms. The molecular weight excluding hydrogens is 332 g/mol.